The van der Waals surface area contributed by atoms with Crippen LogP contribution in [0.2, 0.25) is 0 Å². The molecule has 6 heteroatoms. The molecule has 5 nitrogen and oxygen atoms in total. The Hall–Kier alpha value is -0.980. The van der Waals surface area contributed by atoms with E-state index < -0.39 is 12.1 Å². The Kier molecular flexibility index (Phi) is 3.99. The van der Waals surface area contributed by atoms with E-state index in [2.05, 4.69) is 0 Å². The Bertz CT molecular complexity index is 308. The molecule has 1 aromatic heterocycles. The number of hydrogen-bond acceptors (Lipinski definition) is 5. The van der Waals surface area contributed by atoms with E-state index in [0.717, 1.165) is 11.8 Å². The van der Waals surface area contributed by atoms with Gasteiger partial charge in [0.05, 0.1) is 12.7 Å². The van der Waals surface area contributed by atoms with Crippen molar-refractivity contribution in [3.63, 3.8) is 0 Å². The lowest BCUT2D eigenvalue weighted by Gasteiger charge is -2.03. The van der Waals surface area contributed by atoms with Crippen molar-refractivity contribution in [2.45, 2.75) is 11.2 Å². The summed E-state index contributed by atoms with van der Waals surface area (Å²) in [6.45, 7) is -0.320. The molecule has 1 unspecified atom stereocenters. The summed E-state index contributed by atoms with van der Waals surface area (Å²) in [6.07, 6.45) is -0.821. The first-order chi connectivity index (χ1) is 6.63. The molecule has 0 saturated carbocycles. The molecule has 0 amide bonds. The fraction of sp³-hybridized carbons (Fsp3) is 0.375. The molecule has 1 heterocycles. The van der Waals surface area contributed by atoms with Gasteiger partial charge in [0, 0.05) is 5.75 Å². The van der Waals surface area contributed by atoms with E-state index in [9.17, 15) is 4.79 Å². The van der Waals surface area contributed by atoms with Crippen molar-refractivity contribution in [3.8, 4) is 0 Å². The van der Waals surface area contributed by atoms with Crippen molar-refractivity contribution < 1.29 is 24.5 Å². The highest BCUT2D eigenvalue weighted by Gasteiger charge is 2.10. The Morgan fingerprint density at radius 3 is 2.79 bits per heavy atom. The van der Waals surface area contributed by atoms with E-state index in [-0.39, 0.29) is 18.1 Å². The highest BCUT2D eigenvalue weighted by atomic mass is 32.2. The molecular formula is C8H10O5S. The molecule has 0 aliphatic rings. The maximum Gasteiger partial charge on any atom is 0.371 e. The topological polar surface area (TPSA) is 90.9 Å². The van der Waals surface area contributed by atoms with Crippen LogP contribution in [0.5, 0.6) is 0 Å². The number of aliphatic hydroxyl groups excluding tert-OH is 2. The summed E-state index contributed by atoms with van der Waals surface area (Å²) in [4.78, 5) is 10.4. The summed E-state index contributed by atoms with van der Waals surface area (Å²) in [5.74, 6) is -0.992. The first-order valence-corrected chi connectivity index (χ1v) is 4.87. The van der Waals surface area contributed by atoms with Crippen LogP contribution in [-0.2, 0) is 0 Å². The summed E-state index contributed by atoms with van der Waals surface area (Å²) < 4.78 is 4.91. The highest BCUT2D eigenvalue weighted by Crippen LogP contribution is 2.21. The molecule has 0 fully saturated rings. The Morgan fingerprint density at radius 2 is 2.29 bits per heavy atom. The van der Waals surface area contributed by atoms with Crippen LogP contribution in [-0.4, -0.2) is 39.8 Å². The number of carboxylic acid groups (broad SMARTS) is 1. The monoisotopic (exact) mass is 218 g/mol. The van der Waals surface area contributed by atoms with Crippen LogP contribution in [0.3, 0.4) is 0 Å². The standard InChI is InChI=1S/C8H10O5S/c9-3-5(10)4-14-7-2-1-6(13-7)8(11)12/h1-2,5,9-10H,3-4H2,(H,11,12). The Labute approximate surface area is 84.4 Å². The number of rotatable bonds is 5. The molecule has 1 aromatic rings. The maximum atomic E-state index is 10.4. The van der Waals surface area contributed by atoms with Crippen LogP contribution in [0.25, 0.3) is 0 Å². The second-order valence-electron chi connectivity index (χ2n) is 2.57. The SMILES string of the molecule is O=C(O)c1ccc(SCC(O)CO)o1. The Balaban J connectivity index is 2.48. The second-order valence-corrected chi connectivity index (χ2v) is 3.60. The van der Waals surface area contributed by atoms with Crippen LogP contribution >= 0.6 is 11.8 Å². The summed E-state index contributed by atoms with van der Waals surface area (Å²) in [5.41, 5.74) is 0. The van der Waals surface area contributed by atoms with Gasteiger partial charge in [-0.3, -0.25) is 0 Å². The van der Waals surface area contributed by atoms with Gasteiger partial charge < -0.3 is 19.7 Å². The number of furan rings is 1. The molecule has 0 aliphatic carbocycles. The molecule has 0 saturated heterocycles. The third kappa shape index (κ3) is 3.06. The van der Waals surface area contributed by atoms with E-state index in [0.29, 0.717) is 5.09 Å². The van der Waals surface area contributed by atoms with Crippen LogP contribution < -0.4 is 0 Å². The maximum absolute atomic E-state index is 10.4. The molecule has 1 rings (SSSR count). The largest absolute Gasteiger partial charge is 0.475 e. The predicted molar refractivity (Wildman–Crippen MR) is 49.5 cm³/mol. The average Bonchev–Trinajstić information content (AvgIpc) is 2.62. The molecule has 3 N–H and O–H groups in total. The lowest BCUT2D eigenvalue weighted by Crippen LogP contribution is -2.14. The van der Waals surface area contributed by atoms with Crippen LogP contribution in [0.15, 0.2) is 21.6 Å². The van der Waals surface area contributed by atoms with Crippen molar-refractivity contribution in [3.05, 3.63) is 17.9 Å². The molecule has 0 aliphatic heterocycles. The minimum Gasteiger partial charge on any atom is -0.475 e. The number of carbonyl (C=O) groups is 1. The quantitative estimate of drug-likeness (QED) is 0.620. The fourth-order valence-corrected chi connectivity index (χ4v) is 1.52. The van der Waals surface area contributed by atoms with Gasteiger partial charge >= 0.3 is 5.97 Å². The van der Waals surface area contributed by atoms with Gasteiger partial charge in [-0.05, 0) is 12.1 Å². The van der Waals surface area contributed by atoms with E-state index in [4.69, 9.17) is 19.7 Å². The van der Waals surface area contributed by atoms with Crippen molar-refractivity contribution >= 4 is 17.7 Å². The van der Waals surface area contributed by atoms with Crippen molar-refractivity contribution in [2.24, 2.45) is 0 Å². The summed E-state index contributed by atoms with van der Waals surface area (Å²) >= 11 is 1.15. The van der Waals surface area contributed by atoms with Gasteiger partial charge in [0.1, 0.15) is 0 Å². The summed E-state index contributed by atoms with van der Waals surface area (Å²) in [7, 11) is 0. The van der Waals surface area contributed by atoms with Gasteiger partial charge in [-0.25, -0.2) is 4.79 Å². The fourth-order valence-electron chi connectivity index (χ4n) is 0.744. The van der Waals surface area contributed by atoms with Crippen molar-refractivity contribution in [1.29, 1.82) is 0 Å². The molecule has 0 radical (unpaired) electrons. The van der Waals surface area contributed by atoms with Crippen LogP contribution in [0, 0.1) is 0 Å². The zero-order valence-electron chi connectivity index (χ0n) is 7.21. The molecule has 0 bridgehead atoms. The smallest absolute Gasteiger partial charge is 0.371 e. The minimum absolute atomic E-state index is 0.133. The van der Waals surface area contributed by atoms with E-state index >= 15 is 0 Å². The van der Waals surface area contributed by atoms with Crippen LogP contribution in [0.1, 0.15) is 10.6 Å². The van der Waals surface area contributed by atoms with Gasteiger partial charge in [0.25, 0.3) is 0 Å². The van der Waals surface area contributed by atoms with Gasteiger partial charge in [0.2, 0.25) is 5.76 Å². The van der Waals surface area contributed by atoms with Gasteiger partial charge in [-0.15, -0.1) is 0 Å². The predicted octanol–water partition coefficient (Wildman–Crippen LogP) is 0.423. The number of aromatic carboxylic acids is 1. The first-order valence-electron chi connectivity index (χ1n) is 3.88. The average molecular weight is 218 g/mol. The lowest BCUT2D eigenvalue weighted by atomic mass is 10.4. The van der Waals surface area contributed by atoms with E-state index in [1.165, 1.54) is 12.1 Å². The zero-order chi connectivity index (χ0) is 10.6. The molecule has 0 aromatic carbocycles. The van der Waals surface area contributed by atoms with Gasteiger partial charge in [-0.1, -0.05) is 11.8 Å². The molecule has 1 atom stereocenters. The molecular weight excluding hydrogens is 208 g/mol. The van der Waals surface area contributed by atoms with Crippen LogP contribution in [0.4, 0.5) is 0 Å². The minimum atomic E-state index is -1.13. The summed E-state index contributed by atoms with van der Waals surface area (Å²) in [6, 6.07) is 2.86. The number of carboxylic acids is 1. The first kappa shape index (κ1) is 11.1. The number of hydrogen-bond donors (Lipinski definition) is 3. The van der Waals surface area contributed by atoms with Gasteiger partial charge in [-0.2, -0.15) is 0 Å². The molecule has 14 heavy (non-hydrogen) atoms. The van der Waals surface area contributed by atoms with E-state index in [1.54, 1.807) is 0 Å². The third-order valence-electron chi connectivity index (χ3n) is 1.42. The molecule has 78 valence electrons. The highest BCUT2D eigenvalue weighted by molar-refractivity contribution is 7.99. The second kappa shape index (κ2) is 5.04. The summed E-state index contributed by atoms with van der Waals surface area (Å²) in [5, 5.41) is 26.5. The van der Waals surface area contributed by atoms with Crippen molar-refractivity contribution in [2.75, 3.05) is 12.4 Å². The zero-order valence-corrected chi connectivity index (χ0v) is 8.03. The number of aliphatic hydroxyl groups is 2. The normalized spacial score (nSPS) is 12.7. The number of thioether (sulfide) groups is 1. The molecule has 0 spiro atoms. The van der Waals surface area contributed by atoms with E-state index in [1.807, 2.05) is 0 Å². The lowest BCUT2D eigenvalue weighted by molar-refractivity contribution is 0.0656. The Morgan fingerprint density at radius 1 is 1.57 bits per heavy atom. The van der Waals surface area contributed by atoms with Gasteiger partial charge in [0.15, 0.2) is 5.09 Å². The third-order valence-corrected chi connectivity index (χ3v) is 2.48. The van der Waals surface area contributed by atoms with Crippen molar-refractivity contribution in [1.82, 2.24) is 0 Å².